The third-order valence-electron chi connectivity index (χ3n) is 5.45. The van der Waals surface area contributed by atoms with Gasteiger partial charge in [0, 0.05) is 6.42 Å². The van der Waals surface area contributed by atoms with Gasteiger partial charge >= 0.3 is 7.25 Å². The van der Waals surface area contributed by atoms with Crippen molar-refractivity contribution in [1.29, 1.82) is 0 Å². The van der Waals surface area contributed by atoms with Crippen LogP contribution in [-0.2, 0) is 5.41 Å². The van der Waals surface area contributed by atoms with Gasteiger partial charge in [-0.25, -0.2) is 0 Å². The number of quaternary nitrogens is 1. The van der Waals surface area contributed by atoms with Gasteiger partial charge in [0.2, 0.25) is 0 Å². The third-order valence-corrected chi connectivity index (χ3v) is 5.45. The Balaban J connectivity index is 0.000000257. The average molecular weight is 289 g/mol. The van der Waals surface area contributed by atoms with Gasteiger partial charge in [0.25, 0.3) is 0 Å². The van der Waals surface area contributed by atoms with Crippen molar-refractivity contribution in [3.63, 3.8) is 0 Å². The topological polar surface area (TPSA) is 0 Å². The van der Waals surface area contributed by atoms with Crippen molar-refractivity contribution in [3.8, 4) is 0 Å². The van der Waals surface area contributed by atoms with E-state index in [1.165, 1.54) is 29.6 Å². The fourth-order valence-corrected chi connectivity index (χ4v) is 3.74. The summed E-state index contributed by atoms with van der Waals surface area (Å²) in [5.74, 6) is 0. The molecule has 2 heterocycles. The molecule has 0 spiro atoms. The molecule has 0 aromatic heterocycles. The molecule has 1 nitrogen and oxygen atoms in total. The first-order valence-corrected chi connectivity index (χ1v) is 6.79. The number of nitrogens with zero attached hydrogens (tertiary/aromatic N) is 1. The summed E-state index contributed by atoms with van der Waals surface area (Å²) in [5.41, 5.74) is 2.42. The van der Waals surface area contributed by atoms with Gasteiger partial charge in [-0.2, -0.15) is 0 Å². The van der Waals surface area contributed by atoms with Crippen LogP contribution in [0.5, 0.6) is 0 Å². The van der Waals surface area contributed by atoms with Crippen LogP contribution in [0.15, 0.2) is 30.3 Å². The number of halogens is 4. The van der Waals surface area contributed by atoms with Gasteiger partial charge in [-0.15, -0.1) is 0 Å². The lowest BCUT2D eigenvalue weighted by molar-refractivity contribution is -0.796. The summed E-state index contributed by atoms with van der Waals surface area (Å²) < 4.78 is 40.3. The molecule has 0 aliphatic carbocycles. The Bertz CT molecular complexity index is 482. The molecule has 2 aliphatic rings. The van der Waals surface area contributed by atoms with Crippen molar-refractivity contribution in [2.75, 3.05) is 20.1 Å². The van der Waals surface area contributed by atoms with E-state index in [2.05, 4.69) is 51.2 Å². The second-order valence-corrected chi connectivity index (χ2v) is 6.49. The first kappa shape index (κ1) is 15.4. The minimum atomic E-state index is -6.00. The molecule has 0 saturated carbocycles. The zero-order chi connectivity index (χ0) is 15.2. The lowest BCUT2D eigenvalue weighted by atomic mass is 9.71. The van der Waals surface area contributed by atoms with Gasteiger partial charge in [0.1, 0.15) is 6.54 Å². The Morgan fingerprint density at radius 1 is 1.05 bits per heavy atom. The summed E-state index contributed by atoms with van der Waals surface area (Å²) in [6, 6.07) is 11.1. The molecule has 1 aromatic rings. The van der Waals surface area contributed by atoms with Crippen LogP contribution >= 0.6 is 0 Å². The lowest BCUT2D eigenvalue weighted by Crippen LogP contribution is -2.37. The minimum Gasteiger partial charge on any atom is -0.418 e. The Morgan fingerprint density at radius 2 is 1.55 bits per heavy atom. The summed E-state index contributed by atoms with van der Waals surface area (Å²) in [4.78, 5) is 0. The Labute approximate surface area is 117 Å². The van der Waals surface area contributed by atoms with Gasteiger partial charge in [0.15, 0.2) is 5.54 Å². The summed E-state index contributed by atoms with van der Waals surface area (Å²) in [7, 11) is -3.59. The maximum Gasteiger partial charge on any atom is 0.673 e. The van der Waals surface area contributed by atoms with E-state index in [0.29, 0.717) is 11.0 Å². The smallest absolute Gasteiger partial charge is 0.418 e. The monoisotopic (exact) mass is 289 g/mol. The lowest BCUT2D eigenvalue weighted by Gasteiger charge is -2.28. The molecular formula is C14H20BF4N. The van der Waals surface area contributed by atoms with Crippen LogP contribution in [0.4, 0.5) is 17.3 Å². The fourth-order valence-electron chi connectivity index (χ4n) is 3.74. The van der Waals surface area contributed by atoms with E-state index in [1.54, 1.807) is 0 Å². The van der Waals surface area contributed by atoms with Gasteiger partial charge in [-0.1, -0.05) is 30.3 Å². The zero-order valence-corrected chi connectivity index (χ0v) is 12.0. The van der Waals surface area contributed by atoms with Crippen molar-refractivity contribution in [3.05, 3.63) is 35.9 Å². The predicted molar refractivity (Wildman–Crippen MR) is 72.9 cm³/mol. The summed E-state index contributed by atoms with van der Waals surface area (Å²) >= 11 is 0. The first-order valence-electron chi connectivity index (χ1n) is 6.79. The SMILES string of the molecule is CC1(c2ccccc2)CC[N+]2(C)CC12C.F[B-](F)(F)F. The van der Waals surface area contributed by atoms with E-state index in [9.17, 15) is 17.3 Å². The van der Waals surface area contributed by atoms with Crippen molar-refractivity contribution < 1.29 is 21.7 Å². The molecular weight excluding hydrogens is 269 g/mol. The number of hydrogen-bond acceptors (Lipinski definition) is 0. The standard InChI is InChI=1S/C14H20N.BF4/c1-13(12-7-5-4-6-8-12)9-10-15(3)11-14(13,15)2;2-1(3,4)5/h4-8H,9-11H2,1-3H3;/q+1;-1. The molecule has 0 amide bonds. The molecule has 112 valence electrons. The van der Waals surface area contributed by atoms with Crippen molar-refractivity contribution >= 4 is 7.25 Å². The van der Waals surface area contributed by atoms with Gasteiger partial charge in [-0.3, -0.25) is 0 Å². The molecule has 0 radical (unpaired) electrons. The van der Waals surface area contributed by atoms with Crippen LogP contribution in [0.3, 0.4) is 0 Å². The quantitative estimate of drug-likeness (QED) is 0.319. The highest BCUT2D eigenvalue weighted by molar-refractivity contribution is 6.50. The van der Waals surface area contributed by atoms with Crippen molar-refractivity contribution in [2.45, 2.75) is 31.2 Å². The van der Waals surface area contributed by atoms with Crippen LogP contribution in [-0.4, -0.2) is 37.4 Å². The molecule has 20 heavy (non-hydrogen) atoms. The summed E-state index contributed by atoms with van der Waals surface area (Å²) in [6.45, 7) is 7.63. The molecule has 2 aliphatic heterocycles. The maximum absolute atomic E-state index is 9.75. The molecule has 0 N–H and O–H groups in total. The summed E-state index contributed by atoms with van der Waals surface area (Å²) in [5, 5.41) is 0. The molecule has 2 fully saturated rings. The number of benzene rings is 1. The molecule has 3 unspecified atom stereocenters. The predicted octanol–water partition coefficient (Wildman–Crippen LogP) is 3.87. The Hall–Kier alpha value is -1.04. The fraction of sp³-hybridized carbons (Fsp3) is 0.571. The molecule has 3 rings (SSSR count). The number of rotatable bonds is 1. The van der Waals surface area contributed by atoms with Gasteiger partial charge in [-0.05, 0) is 19.4 Å². The molecule has 0 bridgehead atoms. The van der Waals surface area contributed by atoms with Crippen molar-refractivity contribution in [1.82, 2.24) is 0 Å². The van der Waals surface area contributed by atoms with Crippen LogP contribution in [0.1, 0.15) is 25.8 Å². The van der Waals surface area contributed by atoms with Gasteiger partial charge < -0.3 is 21.7 Å². The third kappa shape index (κ3) is 2.46. The highest BCUT2D eigenvalue weighted by Gasteiger charge is 2.76. The van der Waals surface area contributed by atoms with E-state index in [4.69, 9.17) is 0 Å². The molecule has 3 atom stereocenters. The zero-order valence-electron chi connectivity index (χ0n) is 12.0. The summed E-state index contributed by atoms with van der Waals surface area (Å²) in [6.07, 6.45) is 1.34. The Morgan fingerprint density at radius 3 is 1.90 bits per heavy atom. The molecule has 2 saturated heterocycles. The van der Waals surface area contributed by atoms with Crippen LogP contribution < -0.4 is 0 Å². The highest BCUT2D eigenvalue weighted by Crippen LogP contribution is 2.61. The Kier molecular flexibility index (Phi) is 3.44. The largest absolute Gasteiger partial charge is 0.673 e. The van der Waals surface area contributed by atoms with E-state index < -0.39 is 7.25 Å². The average Bonchev–Trinajstić information content (AvgIpc) is 2.83. The number of hydrogen-bond donors (Lipinski definition) is 0. The first-order chi connectivity index (χ1) is 9.02. The maximum atomic E-state index is 9.75. The molecule has 6 heteroatoms. The van der Waals surface area contributed by atoms with E-state index >= 15 is 0 Å². The van der Waals surface area contributed by atoms with E-state index in [-0.39, 0.29) is 0 Å². The minimum absolute atomic E-state index is 0.392. The second kappa shape index (κ2) is 4.48. The van der Waals surface area contributed by atoms with E-state index in [0.717, 1.165) is 0 Å². The van der Waals surface area contributed by atoms with Crippen LogP contribution in [0.25, 0.3) is 0 Å². The highest BCUT2D eigenvalue weighted by atomic mass is 19.5. The van der Waals surface area contributed by atoms with Crippen LogP contribution in [0.2, 0.25) is 0 Å². The molecule has 1 aromatic carbocycles. The normalized spacial score (nSPS) is 38.8. The second-order valence-electron chi connectivity index (χ2n) is 6.49. The van der Waals surface area contributed by atoms with E-state index in [1.807, 2.05) is 0 Å². The number of piperidine rings is 1. The number of likely N-dealkylation sites (N-methyl/N-ethyl adjacent to an activating group) is 1. The number of fused-ring (bicyclic) bond motifs is 1. The van der Waals surface area contributed by atoms with Crippen LogP contribution in [0, 0.1) is 0 Å². The van der Waals surface area contributed by atoms with Gasteiger partial charge in [0.05, 0.1) is 19.0 Å². The van der Waals surface area contributed by atoms with Crippen molar-refractivity contribution in [2.24, 2.45) is 0 Å².